The largest absolute Gasteiger partial charge is 0.474 e. The number of H-pyrrole nitrogens is 1. The van der Waals surface area contributed by atoms with E-state index in [0.717, 1.165) is 22.6 Å². The Morgan fingerprint density at radius 2 is 1.82 bits per heavy atom. The summed E-state index contributed by atoms with van der Waals surface area (Å²) in [6.45, 7) is 0.551. The van der Waals surface area contributed by atoms with E-state index in [0.29, 0.717) is 12.5 Å². The minimum Gasteiger partial charge on any atom is -0.474 e. The zero-order valence-corrected chi connectivity index (χ0v) is 11.8. The van der Waals surface area contributed by atoms with Gasteiger partial charge < -0.3 is 4.74 Å². The maximum atomic E-state index is 5.74. The SMILES string of the molecule is c1ccc(C2COC(c3cccc(-c4ccn[nH]4)n3)=N2)cc1. The maximum absolute atomic E-state index is 5.74. The predicted molar refractivity (Wildman–Crippen MR) is 83.5 cm³/mol. The third-order valence-electron chi connectivity index (χ3n) is 3.58. The summed E-state index contributed by atoms with van der Waals surface area (Å²) in [5.41, 5.74) is 3.59. The van der Waals surface area contributed by atoms with E-state index in [1.165, 1.54) is 0 Å². The molecule has 5 nitrogen and oxygen atoms in total. The van der Waals surface area contributed by atoms with Gasteiger partial charge in [0.1, 0.15) is 18.3 Å². The topological polar surface area (TPSA) is 63.2 Å². The molecule has 108 valence electrons. The molecule has 1 aromatic carbocycles. The van der Waals surface area contributed by atoms with Gasteiger partial charge in [0.2, 0.25) is 5.90 Å². The minimum atomic E-state index is 0.0359. The van der Waals surface area contributed by atoms with Crippen LogP contribution in [-0.4, -0.2) is 27.7 Å². The van der Waals surface area contributed by atoms with Crippen LogP contribution in [0.4, 0.5) is 0 Å². The number of aliphatic imine (C=N–C) groups is 1. The molecule has 0 saturated carbocycles. The van der Waals surface area contributed by atoms with Crippen molar-refractivity contribution < 1.29 is 4.74 Å². The molecule has 0 saturated heterocycles. The molecule has 1 N–H and O–H groups in total. The summed E-state index contributed by atoms with van der Waals surface area (Å²) in [6.07, 6.45) is 1.71. The van der Waals surface area contributed by atoms with Gasteiger partial charge >= 0.3 is 0 Å². The molecule has 22 heavy (non-hydrogen) atoms. The zero-order chi connectivity index (χ0) is 14.8. The molecule has 1 atom stereocenters. The molecule has 1 unspecified atom stereocenters. The fourth-order valence-electron chi connectivity index (χ4n) is 2.46. The normalized spacial score (nSPS) is 17.1. The van der Waals surface area contributed by atoms with Crippen LogP contribution in [0.15, 0.2) is 65.8 Å². The van der Waals surface area contributed by atoms with Crippen molar-refractivity contribution in [3.8, 4) is 11.4 Å². The molecule has 3 heterocycles. The molecule has 0 radical (unpaired) electrons. The highest BCUT2D eigenvalue weighted by atomic mass is 16.5. The molecule has 5 heteroatoms. The lowest BCUT2D eigenvalue weighted by Crippen LogP contribution is -2.04. The van der Waals surface area contributed by atoms with E-state index < -0.39 is 0 Å². The fraction of sp³-hybridized carbons (Fsp3) is 0.118. The Morgan fingerprint density at radius 3 is 2.64 bits per heavy atom. The molecule has 0 spiro atoms. The van der Waals surface area contributed by atoms with Crippen molar-refractivity contribution in [2.75, 3.05) is 6.61 Å². The number of rotatable bonds is 3. The first-order valence-corrected chi connectivity index (χ1v) is 7.13. The molecular formula is C17H14N4O. The highest BCUT2D eigenvalue weighted by Crippen LogP contribution is 2.25. The number of nitrogens with one attached hydrogen (secondary N) is 1. The van der Waals surface area contributed by atoms with Crippen molar-refractivity contribution in [3.63, 3.8) is 0 Å². The molecule has 0 aliphatic carbocycles. The van der Waals surface area contributed by atoms with Crippen LogP contribution in [0.5, 0.6) is 0 Å². The minimum absolute atomic E-state index is 0.0359. The van der Waals surface area contributed by atoms with Crippen LogP contribution in [-0.2, 0) is 4.74 Å². The van der Waals surface area contributed by atoms with E-state index in [9.17, 15) is 0 Å². The number of pyridine rings is 1. The van der Waals surface area contributed by atoms with Gasteiger partial charge in [0.05, 0.1) is 11.4 Å². The first-order chi connectivity index (χ1) is 10.9. The molecule has 3 aromatic rings. The van der Waals surface area contributed by atoms with Crippen LogP contribution < -0.4 is 0 Å². The van der Waals surface area contributed by atoms with Gasteiger partial charge in [-0.25, -0.2) is 9.98 Å². The Kier molecular flexibility index (Phi) is 3.16. The summed E-state index contributed by atoms with van der Waals surface area (Å²) in [5, 5.41) is 6.86. The summed E-state index contributed by atoms with van der Waals surface area (Å²) in [6, 6.07) is 17.9. The highest BCUT2D eigenvalue weighted by Gasteiger charge is 2.22. The number of nitrogens with zero attached hydrogens (tertiary/aromatic N) is 3. The molecule has 0 bridgehead atoms. The van der Waals surface area contributed by atoms with Crippen LogP contribution in [0.2, 0.25) is 0 Å². The predicted octanol–water partition coefficient (Wildman–Crippen LogP) is 2.99. The Morgan fingerprint density at radius 1 is 0.955 bits per heavy atom. The zero-order valence-electron chi connectivity index (χ0n) is 11.8. The molecule has 2 aromatic heterocycles. The molecule has 1 aliphatic rings. The summed E-state index contributed by atoms with van der Waals surface area (Å²) in [7, 11) is 0. The lowest BCUT2D eigenvalue weighted by atomic mass is 10.1. The van der Waals surface area contributed by atoms with Crippen LogP contribution in [0.25, 0.3) is 11.4 Å². The highest BCUT2D eigenvalue weighted by molar-refractivity contribution is 5.93. The number of hydrogen-bond donors (Lipinski definition) is 1. The van der Waals surface area contributed by atoms with Crippen molar-refractivity contribution in [1.82, 2.24) is 15.2 Å². The average Bonchev–Trinajstić information content (AvgIpc) is 3.28. The van der Waals surface area contributed by atoms with Crippen molar-refractivity contribution in [1.29, 1.82) is 0 Å². The summed E-state index contributed by atoms with van der Waals surface area (Å²) in [4.78, 5) is 9.26. The second-order valence-electron chi connectivity index (χ2n) is 5.05. The Bertz CT molecular complexity index is 797. The van der Waals surface area contributed by atoms with Gasteiger partial charge in [0.15, 0.2) is 0 Å². The van der Waals surface area contributed by atoms with E-state index in [2.05, 4.69) is 32.3 Å². The van der Waals surface area contributed by atoms with Crippen molar-refractivity contribution in [3.05, 3.63) is 72.1 Å². The molecule has 4 rings (SSSR count). The quantitative estimate of drug-likeness (QED) is 0.806. The Labute approximate surface area is 127 Å². The maximum Gasteiger partial charge on any atom is 0.236 e. The first kappa shape index (κ1) is 12.8. The molecule has 0 fully saturated rings. The second-order valence-corrected chi connectivity index (χ2v) is 5.05. The van der Waals surface area contributed by atoms with E-state index in [1.807, 2.05) is 42.5 Å². The van der Waals surface area contributed by atoms with Crippen LogP contribution in [0.1, 0.15) is 17.3 Å². The molecular weight excluding hydrogens is 276 g/mol. The lowest BCUT2D eigenvalue weighted by Gasteiger charge is -2.03. The number of ether oxygens (including phenoxy) is 1. The Hall–Kier alpha value is -2.95. The summed E-state index contributed by atoms with van der Waals surface area (Å²) in [5.74, 6) is 0.593. The number of aromatic nitrogens is 3. The average molecular weight is 290 g/mol. The molecule has 1 aliphatic heterocycles. The van der Waals surface area contributed by atoms with Crippen molar-refractivity contribution in [2.24, 2.45) is 4.99 Å². The van der Waals surface area contributed by atoms with Crippen LogP contribution >= 0.6 is 0 Å². The van der Waals surface area contributed by atoms with Crippen LogP contribution in [0.3, 0.4) is 0 Å². The van der Waals surface area contributed by atoms with Gasteiger partial charge in [-0.05, 0) is 23.8 Å². The number of aromatic amines is 1. The number of hydrogen-bond acceptors (Lipinski definition) is 4. The third-order valence-corrected chi connectivity index (χ3v) is 3.58. The second kappa shape index (κ2) is 5.44. The van der Waals surface area contributed by atoms with Crippen LogP contribution in [0, 0.1) is 0 Å². The van der Waals surface area contributed by atoms with E-state index in [1.54, 1.807) is 6.20 Å². The Balaban J connectivity index is 1.64. The van der Waals surface area contributed by atoms with E-state index >= 15 is 0 Å². The molecule has 0 amide bonds. The number of benzene rings is 1. The van der Waals surface area contributed by atoms with Gasteiger partial charge in [-0.2, -0.15) is 5.10 Å². The van der Waals surface area contributed by atoms with Gasteiger partial charge in [-0.15, -0.1) is 0 Å². The smallest absolute Gasteiger partial charge is 0.236 e. The van der Waals surface area contributed by atoms with Gasteiger partial charge in [-0.1, -0.05) is 36.4 Å². The third kappa shape index (κ3) is 2.37. The van der Waals surface area contributed by atoms with Gasteiger partial charge in [0.25, 0.3) is 0 Å². The van der Waals surface area contributed by atoms with Crippen molar-refractivity contribution >= 4 is 5.90 Å². The standard InChI is InChI=1S/C17H14N4O/c1-2-5-12(6-3-1)16-11-22-17(20-16)15-8-4-7-13(19-15)14-9-10-18-21-14/h1-10,16H,11H2,(H,18,21). The lowest BCUT2D eigenvalue weighted by molar-refractivity contribution is 0.319. The van der Waals surface area contributed by atoms with E-state index in [-0.39, 0.29) is 6.04 Å². The fourth-order valence-corrected chi connectivity index (χ4v) is 2.46. The van der Waals surface area contributed by atoms with E-state index in [4.69, 9.17) is 4.74 Å². The summed E-state index contributed by atoms with van der Waals surface area (Å²) >= 11 is 0. The first-order valence-electron chi connectivity index (χ1n) is 7.13. The van der Waals surface area contributed by atoms with Crippen molar-refractivity contribution in [2.45, 2.75) is 6.04 Å². The van der Waals surface area contributed by atoms with Gasteiger partial charge in [0, 0.05) is 6.20 Å². The van der Waals surface area contributed by atoms with Gasteiger partial charge in [-0.3, -0.25) is 5.10 Å². The monoisotopic (exact) mass is 290 g/mol. The summed E-state index contributed by atoms with van der Waals surface area (Å²) < 4.78 is 5.74.